The largest absolute Gasteiger partial charge is 0.506 e. The van der Waals surface area contributed by atoms with Gasteiger partial charge in [-0.2, -0.15) is 0 Å². The first-order valence-corrected chi connectivity index (χ1v) is 8.18. The highest BCUT2D eigenvalue weighted by molar-refractivity contribution is 8.00. The molecule has 0 saturated carbocycles. The lowest BCUT2D eigenvalue weighted by Crippen LogP contribution is -2.30. The van der Waals surface area contributed by atoms with E-state index in [4.69, 9.17) is 0 Å². The maximum atomic E-state index is 11.9. The van der Waals surface area contributed by atoms with Crippen molar-refractivity contribution in [3.05, 3.63) is 23.8 Å². The Morgan fingerprint density at radius 3 is 2.90 bits per heavy atom. The molecule has 20 heavy (non-hydrogen) atoms. The number of hydrogen-bond donors (Lipinski definition) is 3. The zero-order valence-electron chi connectivity index (χ0n) is 11.8. The first-order valence-electron chi connectivity index (χ1n) is 7.13. The molecule has 0 radical (unpaired) electrons. The molecule has 1 heterocycles. The van der Waals surface area contributed by atoms with Gasteiger partial charge in [-0.05, 0) is 50.0 Å². The number of amides is 1. The number of rotatable bonds is 5. The van der Waals surface area contributed by atoms with Crippen LogP contribution in [-0.4, -0.2) is 35.1 Å². The van der Waals surface area contributed by atoms with E-state index in [9.17, 15) is 9.90 Å². The Balaban J connectivity index is 1.84. The van der Waals surface area contributed by atoms with Crippen molar-refractivity contribution < 1.29 is 9.90 Å². The smallest absolute Gasteiger partial charge is 0.234 e. The van der Waals surface area contributed by atoms with Crippen LogP contribution in [0.1, 0.15) is 25.3 Å². The van der Waals surface area contributed by atoms with Gasteiger partial charge in [-0.15, -0.1) is 11.8 Å². The first kappa shape index (κ1) is 15.2. The van der Waals surface area contributed by atoms with Gasteiger partial charge in [0.15, 0.2) is 0 Å². The van der Waals surface area contributed by atoms with Crippen molar-refractivity contribution in [1.82, 2.24) is 5.32 Å². The molecular weight excluding hydrogens is 272 g/mol. The van der Waals surface area contributed by atoms with E-state index in [2.05, 4.69) is 10.6 Å². The van der Waals surface area contributed by atoms with Gasteiger partial charge in [-0.25, -0.2) is 0 Å². The molecule has 3 N–H and O–H groups in total. The molecule has 0 unspecified atom stereocenters. The zero-order chi connectivity index (χ0) is 14.4. The molecule has 1 aromatic carbocycles. The van der Waals surface area contributed by atoms with E-state index in [0.717, 1.165) is 37.9 Å². The molecule has 1 aliphatic heterocycles. The lowest BCUT2D eigenvalue weighted by molar-refractivity contribution is -0.113. The molecule has 1 aromatic rings. The van der Waals surface area contributed by atoms with Crippen molar-refractivity contribution in [2.24, 2.45) is 0 Å². The standard InChI is InChI=1S/C15H22N2O2S/c1-2-11-3-4-14(18)13(9-11)17-15(19)10-20-12-5-7-16-8-6-12/h3-4,9,12,16,18H,2,5-8,10H2,1H3,(H,17,19). The number of piperidine rings is 1. The highest BCUT2D eigenvalue weighted by Crippen LogP contribution is 2.25. The second-order valence-corrected chi connectivity index (χ2v) is 6.30. The van der Waals surface area contributed by atoms with E-state index in [1.54, 1.807) is 17.8 Å². The van der Waals surface area contributed by atoms with Crippen LogP contribution in [0.15, 0.2) is 18.2 Å². The van der Waals surface area contributed by atoms with Crippen molar-refractivity contribution in [1.29, 1.82) is 0 Å². The Bertz CT molecular complexity index is 459. The van der Waals surface area contributed by atoms with Gasteiger partial charge in [0.25, 0.3) is 0 Å². The third-order valence-electron chi connectivity index (χ3n) is 3.48. The highest BCUT2D eigenvalue weighted by atomic mass is 32.2. The average Bonchev–Trinajstić information content (AvgIpc) is 2.48. The number of phenolic OH excluding ortho intramolecular Hbond substituents is 1. The predicted octanol–water partition coefficient (Wildman–Crippen LogP) is 2.38. The Kier molecular flexibility index (Phi) is 5.73. The van der Waals surface area contributed by atoms with Crippen LogP contribution >= 0.6 is 11.8 Å². The van der Waals surface area contributed by atoms with E-state index < -0.39 is 0 Å². The Hall–Kier alpha value is -1.20. The number of thioether (sulfide) groups is 1. The van der Waals surface area contributed by atoms with Gasteiger partial charge < -0.3 is 15.7 Å². The van der Waals surface area contributed by atoms with Crippen LogP contribution in [0, 0.1) is 0 Å². The zero-order valence-corrected chi connectivity index (χ0v) is 12.6. The highest BCUT2D eigenvalue weighted by Gasteiger charge is 2.15. The molecule has 4 nitrogen and oxygen atoms in total. The van der Waals surface area contributed by atoms with Crippen LogP contribution in [0.3, 0.4) is 0 Å². The molecule has 0 atom stereocenters. The molecule has 0 aliphatic carbocycles. The number of carbonyl (C=O) groups is 1. The quantitative estimate of drug-likeness (QED) is 0.730. The Labute approximate surface area is 124 Å². The molecule has 1 fully saturated rings. The van der Waals surface area contributed by atoms with Crippen molar-refractivity contribution in [3.63, 3.8) is 0 Å². The van der Waals surface area contributed by atoms with Gasteiger partial charge in [-0.3, -0.25) is 4.79 Å². The number of aromatic hydroxyl groups is 1. The van der Waals surface area contributed by atoms with Gasteiger partial charge in [0.2, 0.25) is 5.91 Å². The molecule has 1 saturated heterocycles. The first-order chi connectivity index (χ1) is 9.69. The minimum atomic E-state index is -0.0444. The van der Waals surface area contributed by atoms with E-state index >= 15 is 0 Å². The Morgan fingerprint density at radius 2 is 2.20 bits per heavy atom. The number of phenols is 1. The van der Waals surface area contributed by atoms with Crippen LogP contribution in [-0.2, 0) is 11.2 Å². The lowest BCUT2D eigenvalue weighted by Gasteiger charge is -2.21. The third-order valence-corrected chi connectivity index (χ3v) is 4.85. The molecule has 5 heteroatoms. The summed E-state index contributed by atoms with van der Waals surface area (Å²) < 4.78 is 0. The topological polar surface area (TPSA) is 61.4 Å². The molecule has 2 rings (SSSR count). The third kappa shape index (κ3) is 4.42. The van der Waals surface area contributed by atoms with E-state index in [1.165, 1.54) is 0 Å². The summed E-state index contributed by atoms with van der Waals surface area (Å²) in [4.78, 5) is 11.9. The van der Waals surface area contributed by atoms with Crippen LogP contribution in [0.4, 0.5) is 5.69 Å². The van der Waals surface area contributed by atoms with Gasteiger partial charge >= 0.3 is 0 Å². The second-order valence-electron chi connectivity index (χ2n) is 5.01. The van der Waals surface area contributed by atoms with Crippen molar-refractivity contribution in [2.45, 2.75) is 31.4 Å². The summed E-state index contributed by atoms with van der Waals surface area (Å²) in [5, 5.41) is 16.4. The molecular formula is C15H22N2O2S. The summed E-state index contributed by atoms with van der Waals surface area (Å²) in [6.07, 6.45) is 3.12. The number of hydrogen-bond acceptors (Lipinski definition) is 4. The van der Waals surface area contributed by atoms with Crippen molar-refractivity contribution >= 4 is 23.4 Å². The van der Waals surface area contributed by atoms with E-state index in [-0.39, 0.29) is 11.7 Å². The summed E-state index contributed by atoms with van der Waals surface area (Å²) in [6.45, 7) is 4.13. The maximum absolute atomic E-state index is 11.9. The summed E-state index contributed by atoms with van der Waals surface area (Å²) in [6, 6.07) is 5.34. The van der Waals surface area contributed by atoms with E-state index in [0.29, 0.717) is 16.7 Å². The van der Waals surface area contributed by atoms with Gasteiger partial charge in [-0.1, -0.05) is 13.0 Å². The number of anilines is 1. The minimum absolute atomic E-state index is 0.0444. The number of carbonyl (C=O) groups excluding carboxylic acids is 1. The predicted molar refractivity (Wildman–Crippen MR) is 84.5 cm³/mol. The van der Waals surface area contributed by atoms with Gasteiger partial charge in [0.1, 0.15) is 5.75 Å². The van der Waals surface area contributed by atoms with Crippen LogP contribution in [0.2, 0.25) is 0 Å². The molecule has 1 aliphatic rings. The fraction of sp³-hybridized carbons (Fsp3) is 0.533. The Morgan fingerprint density at radius 1 is 1.45 bits per heavy atom. The SMILES string of the molecule is CCc1ccc(O)c(NC(=O)CSC2CCNCC2)c1. The lowest BCUT2D eigenvalue weighted by atomic mass is 10.1. The molecule has 1 amide bonds. The average molecular weight is 294 g/mol. The normalized spacial score (nSPS) is 16.1. The van der Waals surface area contributed by atoms with Gasteiger partial charge in [0.05, 0.1) is 11.4 Å². The van der Waals surface area contributed by atoms with Gasteiger partial charge in [0, 0.05) is 5.25 Å². The van der Waals surface area contributed by atoms with Crippen molar-refractivity contribution in [3.8, 4) is 5.75 Å². The maximum Gasteiger partial charge on any atom is 0.234 e. The summed E-state index contributed by atoms with van der Waals surface area (Å²) in [5.74, 6) is 0.528. The van der Waals surface area contributed by atoms with Crippen LogP contribution < -0.4 is 10.6 Å². The molecule has 110 valence electrons. The van der Waals surface area contributed by atoms with E-state index in [1.807, 2.05) is 19.1 Å². The van der Waals surface area contributed by atoms with Crippen LogP contribution in [0.5, 0.6) is 5.75 Å². The number of aryl methyl sites for hydroxylation is 1. The fourth-order valence-corrected chi connectivity index (χ4v) is 3.27. The van der Waals surface area contributed by atoms with Crippen molar-refractivity contribution in [2.75, 3.05) is 24.2 Å². The molecule has 0 bridgehead atoms. The van der Waals surface area contributed by atoms with Crippen LogP contribution in [0.25, 0.3) is 0 Å². The summed E-state index contributed by atoms with van der Waals surface area (Å²) in [7, 11) is 0. The monoisotopic (exact) mass is 294 g/mol. The summed E-state index contributed by atoms with van der Waals surface area (Å²) in [5.41, 5.74) is 1.62. The molecule has 0 spiro atoms. The number of nitrogens with one attached hydrogen (secondary N) is 2. The number of benzene rings is 1. The second kappa shape index (κ2) is 7.55. The minimum Gasteiger partial charge on any atom is -0.506 e. The molecule has 0 aromatic heterocycles. The summed E-state index contributed by atoms with van der Waals surface area (Å²) >= 11 is 1.71. The fourth-order valence-electron chi connectivity index (χ4n) is 2.25.